The number of halogens is 12. The number of hydrogen-bond donors (Lipinski definition) is 4. The van der Waals surface area contributed by atoms with Gasteiger partial charge in [-0.3, -0.25) is 9.58 Å². The molecule has 3 aromatic carbocycles. The van der Waals surface area contributed by atoms with Gasteiger partial charge in [-0.1, -0.05) is 55.7 Å². The predicted molar refractivity (Wildman–Crippen MR) is 281 cm³/mol. The van der Waals surface area contributed by atoms with Crippen molar-refractivity contribution < 1.29 is 98.4 Å². The van der Waals surface area contributed by atoms with Crippen molar-refractivity contribution in [3.05, 3.63) is 108 Å². The summed E-state index contributed by atoms with van der Waals surface area (Å²) < 4.78 is 239. The molecule has 0 spiro atoms. The highest BCUT2D eigenvalue weighted by atomic mass is 32.2. The summed E-state index contributed by atoms with van der Waals surface area (Å²) in [6.45, 7) is 4.90. The molecule has 31 heteroatoms. The summed E-state index contributed by atoms with van der Waals surface area (Å²) in [5.74, 6) is 0. The molecule has 472 valence electrons. The number of rotatable bonds is 15. The Hall–Kier alpha value is -4.44. The molecule has 0 saturated carbocycles. The van der Waals surface area contributed by atoms with E-state index in [1.165, 1.54) is 15.0 Å². The van der Waals surface area contributed by atoms with E-state index >= 15 is 0 Å². The number of aliphatic hydroxyl groups is 4. The number of benzene rings is 3. The van der Waals surface area contributed by atoms with E-state index in [0.29, 0.717) is 83.6 Å². The van der Waals surface area contributed by atoms with E-state index in [2.05, 4.69) is 10.00 Å². The van der Waals surface area contributed by atoms with E-state index in [0.717, 1.165) is 111 Å². The number of nitrogens with zero attached hydrogens (tertiary/aromatic N) is 6. The third kappa shape index (κ3) is 15.1. The normalized spacial score (nSPS) is 22.2. The first kappa shape index (κ1) is 68.7. The van der Waals surface area contributed by atoms with Crippen LogP contribution in [0.5, 0.6) is 0 Å². The molecule has 8 rings (SSSR count). The molecule has 5 heterocycles. The molecule has 1 aromatic heterocycles. The van der Waals surface area contributed by atoms with Gasteiger partial charge in [-0.25, -0.2) is 25.3 Å². The van der Waals surface area contributed by atoms with Crippen LogP contribution in [0.15, 0.2) is 106 Å². The van der Waals surface area contributed by atoms with E-state index in [9.17, 15) is 93.3 Å². The second-order valence-corrected chi connectivity index (χ2v) is 27.1. The minimum Gasteiger partial charge on any atom is -0.396 e. The zero-order chi connectivity index (χ0) is 62.5. The molecular formula is C53H68F12N6O10S3. The third-order valence-electron chi connectivity index (χ3n) is 15.8. The predicted octanol–water partition coefficient (Wildman–Crippen LogP) is 8.92. The van der Waals surface area contributed by atoms with Gasteiger partial charge in [-0.15, -0.1) is 0 Å². The Morgan fingerprint density at radius 1 is 0.500 bits per heavy atom. The number of piperidine rings is 3. The lowest BCUT2D eigenvalue weighted by atomic mass is 9.92. The summed E-state index contributed by atoms with van der Waals surface area (Å²) in [6.07, 6.45) is -9.20. The lowest BCUT2D eigenvalue weighted by Gasteiger charge is -2.35. The number of likely N-dealkylation sites (tertiary alicyclic amines) is 1. The van der Waals surface area contributed by atoms with Gasteiger partial charge in [0.05, 0.1) is 14.7 Å². The summed E-state index contributed by atoms with van der Waals surface area (Å²) >= 11 is 0. The van der Waals surface area contributed by atoms with Gasteiger partial charge in [0.1, 0.15) is 0 Å². The highest BCUT2D eigenvalue weighted by Crippen LogP contribution is 2.50. The van der Waals surface area contributed by atoms with Crippen molar-refractivity contribution in [1.82, 2.24) is 27.6 Å². The smallest absolute Gasteiger partial charge is 0.396 e. The molecular weight excluding hydrogens is 1200 g/mol. The van der Waals surface area contributed by atoms with Gasteiger partial charge in [0.2, 0.25) is 30.1 Å². The molecule has 84 heavy (non-hydrogen) atoms. The second-order valence-electron chi connectivity index (χ2n) is 21.4. The van der Waals surface area contributed by atoms with Gasteiger partial charge < -0.3 is 20.4 Å². The summed E-state index contributed by atoms with van der Waals surface area (Å²) in [5, 5.41) is 42.1. The highest BCUT2D eigenvalue weighted by molar-refractivity contribution is 7.89. The van der Waals surface area contributed by atoms with E-state index < -0.39 is 93.6 Å². The zero-order valence-electron chi connectivity index (χ0n) is 45.7. The lowest BCUT2D eigenvalue weighted by Crippen LogP contribution is -2.53. The van der Waals surface area contributed by atoms with Gasteiger partial charge in [-0.05, 0) is 138 Å². The topological polar surface area (TPSA) is 214 Å². The van der Waals surface area contributed by atoms with Crippen LogP contribution in [-0.2, 0) is 53.4 Å². The molecule has 4 unspecified atom stereocenters. The molecule has 16 nitrogen and oxygen atoms in total. The van der Waals surface area contributed by atoms with Gasteiger partial charge in [0.25, 0.3) is 5.60 Å². The zero-order valence-corrected chi connectivity index (χ0v) is 48.2. The third-order valence-corrected chi connectivity index (χ3v) is 21.6. The molecule has 0 amide bonds. The van der Waals surface area contributed by atoms with Crippen LogP contribution in [0.4, 0.5) is 52.7 Å². The van der Waals surface area contributed by atoms with E-state index in [-0.39, 0.29) is 47.0 Å². The fraction of sp³-hybridized carbons (Fsp3) is 0.604. The Morgan fingerprint density at radius 2 is 0.905 bits per heavy atom. The molecule has 4 saturated heterocycles. The standard InChI is InChI=1S/C19H24F3N3O3S.C18H25F3N2O3S.C16H19F6NO4S/c1-18(26,19(20,21)22)15-6-8-17(9-7-15)29(27,28)25-13-3-2-5-16(25)10-14-24-12-4-11-23-24;1-17(24,18(19,20)21)14-5-7-16(8-6-14)27(25,26)23-12-9-15(13-23)22-10-3-2-4-11-22;17-15(18,19)14(25,16(20,21)22)11-4-6-13(7-5-11)28(26,27)23-9-2-1-3-12(23)8-10-24/h4,6-9,11-12,16,26H,2-3,5,10,13-14H2,1H3;5-8,15,24H,2-4,9-13H2,1H3;4-7,12,24-25H,1-3,8-10H2/t;15-,17?;/m.1./s1. The number of aryl methyl sites for hydroxylation is 1. The molecule has 4 N–H and O–H groups in total. The summed E-state index contributed by atoms with van der Waals surface area (Å²) in [7, 11) is -11.8. The number of hydrogen-bond acceptors (Lipinski definition) is 12. The SMILES string of the molecule is CC(O)(c1ccc(S(=O)(=O)N2CCCCC2CCn2cccn2)cc1)C(F)(F)F.CC(O)(c1ccc(S(=O)(=O)N2CC[C@@H](N3CCCCC3)C2)cc1)C(F)(F)F.O=S(=O)(c1ccc(C(O)(C(F)(F)F)C(F)(F)F)cc1)N1CCCCC1CCO. The molecule has 4 aliphatic heterocycles. The minimum absolute atomic E-state index is 0.0523. The van der Waals surface area contributed by atoms with Crippen molar-refractivity contribution in [2.24, 2.45) is 0 Å². The first-order valence-electron chi connectivity index (χ1n) is 26.9. The first-order chi connectivity index (χ1) is 38.8. The van der Waals surface area contributed by atoms with Crippen LogP contribution in [0.1, 0.15) is 108 Å². The Labute approximate surface area is 479 Å². The van der Waals surface area contributed by atoms with Crippen molar-refractivity contribution in [2.45, 2.75) is 172 Å². The molecule has 4 aromatic rings. The van der Waals surface area contributed by atoms with Crippen molar-refractivity contribution in [3.8, 4) is 0 Å². The number of aliphatic hydroxyl groups excluding tert-OH is 1. The first-order valence-corrected chi connectivity index (χ1v) is 31.3. The van der Waals surface area contributed by atoms with Crippen molar-refractivity contribution in [3.63, 3.8) is 0 Å². The van der Waals surface area contributed by atoms with Crippen LogP contribution >= 0.6 is 0 Å². The maximum absolute atomic E-state index is 13.1. The average molecular weight is 1270 g/mol. The Balaban J connectivity index is 0.000000202. The van der Waals surface area contributed by atoms with E-state index in [4.69, 9.17) is 5.11 Å². The van der Waals surface area contributed by atoms with Crippen LogP contribution in [0.25, 0.3) is 0 Å². The van der Waals surface area contributed by atoms with E-state index in [1.807, 2.05) is 6.20 Å². The quantitative estimate of drug-likeness (QED) is 0.0822. The van der Waals surface area contributed by atoms with Gasteiger partial charge in [0, 0.05) is 75.4 Å². The average Bonchev–Trinajstić information content (AvgIpc) is 1.76. The van der Waals surface area contributed by atoms with E-state index in [1.54, 1.807) is 16.9 Å². The highest BCUT2D eigenvalue weighted by Gasteiger charge is 2.71. The van der Waals surface area contributed by atoms with Crippen LogP contribution in [0.2, 0.25) is 0 Å². The monoisotopic (exact) mass is 1270 g/mol. The minimum atomic E-state index is -6.05. The lowest BCUT2D eigenvalue weighted by molar-refractivity contribution is -0.376. The molecule has 0 bridgehead atoms. The number of aromatic nitrogens is 2. The maximum atomic E-state index is 13.1. The Kier molecular flexibility index (Phi) is 21.7. The summed E-state index contributed by atoms with van der Waals surface area (Å²) in [5.41, 5.74) is -13.5. The van der Waals surface area contributed by atoms with Crippen LogP contribution < -0.4 is 0 Å². The number of alkyl halides is 12. The maximum Gasteiger partial charge on any atom is 0.430 e. The fourth-order valence-corrected chi connectivity index (χ4v) is 15.5. The van der Waals surface area contributed by atoms with Crippen molar-refractivity contribution in [2.75, 3.05) is 45.9 Å². The molecule has 5 atom stereocenters. The van der Waals surface area contributed by atoms with Crippen LogP contribution in [0.3, 0.4) is 0 Å². The van der Waals surface area contributed by atoms with Crippen LogP contribution in [0, 0.1) is 0 Å². The van der Waals surface area contributed by atoms with Crippen LogP contribution in [-0.4, -0.2) is 162 Å². The van der Waals surface area contributed by atoms with Gasteiger partial charge >= 0.3 is 24.7 Å². The van der Waals surface area contributed by atoms with Gasteiger partial charge in [0.15, 0.2) is 11.2 Å². The van der Waals surface area contributed by atoms with Gasteiger partial charge in [-0.2, -0.15) is 70.7 Å². The van der Waals surface area contributed by atoms with Crippen molar-refractivity contribution in [1.29, 1.82) is 0 Å². The van der Waals surface area contributed by atoms with Crippen molar-refractivity contribution >= 4 is 30.1 Å². The molecule has 4 aliphatic rings. The summed E-state index contributed by atoms with van der Waals surface area (Å²) in [4.78, 5) is 1.71. The molecule has 0 radical (unpaired) electrons. The molecule has 0 aliphatic carbocycles. The number of sulfonamides is 3. The Bertz CT molecular complexity index is 3090. The Morgan fingerprint density at radius 3 is 1.30 bits per heavy atom. The molecule has 4 fully saturated rings. The second kappa shape index (κ2) is 26.5. The fourth-order valence-electron chi connectivity index (χ4n) is 10.5. The largest absolute Gasteiger partial charge is 0.430 e. The summed E-state index contributed by atoms with van der Waals surface area (Å²) in [6, 6.07) is 11.7.